The van der Waals surface area contributed by atoms with Gasteiger partial charge in [-0.1, -0.05) is 12.1 Å². The highest BCUT2D eigenvalue weighted by molar-refractivity contribution is 5.27. The van der Waals surface area contributed by atoms with Gasteiger partial charge in [0.15, 0.2) is 0 Å². The van der Waals surface area contributed by atoms with Gasteiger partial charge in [0.1, 0.15) is 5.75 Å². The van der Waals surface area contributed by atoms with Gasteiger partial charge in [0.2, 0.25) is 0 Å². The zero-order chi connectivity index (χ0) is 12.9. The monoisotopic (exact) mass is 247 g/mol. The van der Waals surface area contributed by atoms with Gasteiger partial charge in [-0.2, -0.15) is 0 Å². The van der Waals surface area contributed by atoms with Gasteiger partial charge < -0.3 is 10.1 Å². The molecule has 0 radical (unpaired) electrons. The molecule has 1 aromatic rings. The molecular weight excluding hydrogens is 231 g/mol. The number of hydrogen-bond acceptors (Lipinski definition) is 2. The maximum absolute atomic E-state index is 11.9. The summed E-state index contributed by atoms with van der Waals surface area (Å²) in [4.78, 5) is 0. The smallest absolute Gasteiger partial charge is 0.406 e. The molecule has 0 aliphatic heterocycles. The third-order valence-corrected chi connectivity index (χ3v) is 2.52. The first-order chi connectivity index (χ1) is 7.90. The second kappa shape index (κ2) is 5.91. The highest BCUT2D eigenvalue weighted by Crippen LogP contribution is 2.23. The summed E-state index contributed by atoms with van der Waals surface area (Å²) < 4.78 is 39.5. The maximum Gasteiger partial charge on any atom is 0.573 e. The molecule has 0 aliphatic rings. The van der Waals surface area contributed by atoms with Crippen molar-refractivity contribution in [1.82, 2.24) is 5.32 Å². The van der Waals surface area contributed by atoms with E-state index in [0.717, 1.165) is 18.4 Å². The molecule has 0 heterocycles. The number of alkyl halides is 3. The topological polar surface area (TPSA) is 21.3 Å². The van der Waals surface area contributed by atoms with Gasteiger partial charge in [-0.25, -0.2) is 0 Å². The Hall–Kier alpha value is -1.23. The molecule has 0 aromatic heterocycles. The SMILES string of the molecule is CN[C@@H](C)CCc1ccc(OC(F)(F)F)cc1. The summed E-state index contributed by atoms with van der Waals surface area (Å²) in [5.41, 5.74) is 1.00. The molecule has 1 aromatic carbocycles. The van der Waals surface area contributed by atoms with Crippen LogP contribution >= 0.6 is 0 Å². The third-order valence-electron chi connectivity index (χ3n) is 2.52. The molecule has 5 heteroatoms. The van der Waals surface area contributed by atoms with Crippen LogP contribution in [0.25, 0.3) is 0 Å². The van der Waals surface area contributed by atoms with Crippen LogP contribution in [0, 0.1) is 0 Å². The molecule has 0 saturated carbocycles. The Balaban J connectivity index is 2.50. The lowest BCUT2D eigenvalue weighted by Crippen LogP contribution is -2.21. The van der Waals surface area contributed by atoms with Crippen molar-refractivity contribution in [3.8, 4) is 5.75 Å². The molecule has 2 nitrogen and oxygen atoms in total. The van der Waals surface area contributed by atoms with Crippen LogP contribution in [0.2, 0.25) is 0 Å². The molecule has 1 rings (SSSR count). The molecule has 0 saturated heterocycles. The third kappa shape index (κ3) is 5.58. The lowest BCUT2D eigenvalue weighted by Gasteiger charge is -2.11. The van der Waals surface area contributed by atoms with Crippen LogP contribution in [0.15, 0.2) is 24.3 Å². The van der Waals surface area contributed by atoms with E-state index in [2.05, 4.69) is 17.0 Å². The fourth-order valence-corrected chi connectivity index (χ4v) is 1.39. The first-order valence-electron chi connectivity index (χ1n) is 5.42. The van der Waals surface area contributed by atoms with Gasteiger partial charge in [0.25, 0.3) is 0 Å². The average Bonchev–Trinajstić information content (AvgIpc) is 2.25. The number of benzene rings is 1. The Morgan fingerprint density at radius 3 is 2.29 bits per heavy atom. The van der Waals surface area contributed by atoms with Crippen molar-refractivity contribution in [2.45, 2.75) is 32.2 Å². The van der Waals surface area contributed by atoms with Crippen LogP contribution in [-0.2, 0) is 6.42 Å². The van der Waals surface area contributed by atoms with Crippen LogP contribution in [0.3, 0.4) is 0 Å². The fraction of sp³-hybridized carbons (Fsp3) is 0.500. The first kappa shape index (κ1) is 13.8. The molecule has 17 heavy (non-hydrogen) atoms. The minimum Gasteiger partial charge on any atom is -0.406 e. The van der Waals surface area contributed by atoms with E-state index in [0.29, 0.717) is 6.04 Å². The molecule has 0 bridgehead atoms. The molecular formula is C12H16F3NO. The lowest BCUT2D eigenvalue weighted by atomic mass is 10.1. The maximum atomic E-state index is 11.9. The first-order valence-corrected chi connectivity index (χ1v) is 5.42. The number of nitrogens with one attached hydrogen (secondary N) is 1. The summed E-state index contributed by atoms with van der Waals surface area (Å²) in [5.74, 6) is -0.178. The predicted octanol–water partition coefficient (Wildman–Crippen LogP) is 3.13. The van der Waals surface area contributed by atoms with Crippen molar-refractivity contribution in [1.29, 1.82) is 0 Å². The summed E-state index contributed by atoms with van der Waals surface area (Å²) in [7, 11) is 1.88. The number of ether oxygens (including phenoxy) is 1. The second-order valence-electron chi connectivity index (χ2n) is 3.92. The van der Waals surface area contributed by atoms with Crippen molar-refractivity contribution >= 4 is 0 Å². The van der Waals surface area contributed by atoms with Crippen LogP contribution in [0.5, 0.6) is 5.75 Å². The molecule has 96 valence electrons. The minimum atomic E-state index is -4.62. The Morgan fingerprint density at radius 1 is 1.24 bits per heavy atom. The largest absolute Gasteiger partial charge is 0.573 e. The van der Waals surface area contributed by atoms with Gasteiger partial charge >= 0.3 is 6.36 Å². The molecule has 1 N–H and O–H groups in total. The van der Waals surface area contributed by atoms with Crippen molar-refractivity contribution < 1.29 is 17.9 Å². The van der Waals surface area contributed by atoms with E-state index in [1.807, 2.05) is 7.05 Å². The summed E-state index contributed by atoms with van der Waals surface area (Å²) in [6.07, 6.45) is -2.85. The minimum absolute atomic E-state index is 0.178. The molecule has 0 amide bonds. The van der Waals surface area contributed by atoms with Crippen molar-refractivity contribution in [3.05, 3.63) is 29.8 Å². The van der Waals surface area contributed by atoms with Gasteiger partial charge in [-0.05, 0) is 44.5 Å². The zero-order valence-corrected chi connectivity index (χ0v) is 9.84. The summed E-state index contributed by atoms with van der Waals surface area (Å²) in [6, 6.07) is 6.38. The van der Waals surface area contributed by atoms with Crippen LogP contribution in [-0.4, -0.2) is 19.5 Å². The van der Waals surface area contributed by atoms with E-state index >= 15 is 0 Å². The summed E-state index contributed by atoms with van der Waals surface area (Å²) in [5, 5.41) is 3.10. The predicted molar refractivity (Wildman–Crippen MR) is 60.0 cm³/mol. The number of hydrogen-bond donors (Lipinski definition) is 1. The van der Waals surface area contributed by atoms with Crippen molar-refractivity contribution in [2.24, 2.45) is 0 Å². The second-order valence-corrected chi connectivity index (χ2v) is 3.92. The molecule has 0 aliphatic carbocycles. The van der Waals surface area contributed by atoms with Crippen LogP contribution in [0.4, 0.5) is 13.2 Å². The molecule has 0 spiro atoms. The van der Waals surface area contributed by atoms with Crippen LogP contribution in [0.1, 0.15) is 18.9 Å². The van der Waals surface area contributed by atoms with Crippen molar-refractivity contribution in [3.63, 3.8) is 0 Å². The Bertz CT molecular complexity index is 335. The van der Waals surface area contributed by atoms with Gasteiger partial charge in [-0.15, -0.1) is 13.2 Å². The Kier molecular flexibility index (Phi) is 4.81. The zero-order valence-electron chi connectivity index (χ0n) is 9.84. The molecule has 0 unspecified atom stereocenters. The van der Waals surface area contributed by atoms with Crippen molar-refractivity contribution in [2.75, 3.05) is 7.05 Å². The molecule has 0 fully saturated rings. The highest BCUT2D eigenvalue weighted by atomic mass is 19.4. The molecule has 1 atom stereocenters. The number of aryl methyl sites for hydroxylation is 1. The average molecular weight is 247 g/mol. The Labute approximate surface area is 98.8 Å². The number of rotatable bonds is 5. The lowest BCUT2D eigenvalue weighted by molar-refractivity contribution is -0.274. The quantitative estimate of drug-likeness (QED) is 0.863. The van der Waals surface area contributed by atoms with Gasteiger partial charge in [-0.3, -0.25) is 0 Å². The van der Waals surface area contributed by atoms with E-state index in [1.54, 1.807) is 12.1 Å². The summed E-state index contributed by atoms with van der Waals surface area (Å²) in [6.45, 7) is 2.06. The summed E-state index contributed by atoms with van der Waals surface area (Å²) >= 11 is 0. The van der Waals surface area contributed by atoms with E-state index in [-0.39, 0.29) is 5.75 Å². The van der Waals surface area contributed by atoms with Gasteiger partial charge in [0.05, 0.1) is 0 Å². The van der Waals surface area contributed by atoms with E-state index in [9.17, 15) is 13.2 Å². The van der Waals surface area contributed by atoms with E-state index < -0.39 is 6.36 Å². The van der Waals surface area contributed by atoms with E-state index in [1.165, 1.54) is 12.1 Å². The number of halogens is 3. The Morgan fingerprint density at radius 2 is 1.82 bits per heavy atom. The standard InChI is InChI=1S/C12H16F3NO/c1-9(16-2)3-4-10-5-7-11(8-6-10)17-12(13,14)15/h5-9,16H,3-4H2,1-2H3/t9-/m0/s1. The van der Waals surface area contributed by atoms with Gasteiger partial charge in [0, 0.05) is 6.04 Å². The van der Waals surface area contributed by atoms with E-state index in [4.69, 9.17) is 0 Å². The highest BCUT2D eigenvalue weighted by Gasteiger charge is 2.30. The van der Waals surface area contributed by atoms with Crippen LogP contribution < -0.4 is 10.1 Å². The fourth-order valence-electron chi connectivity index (χ4n) is 1.39. The normalized spacial score (nSPS) is 13.5.